The molecule has 1 heterocycles. The van der Waals surface area contributed by atoms with Crippen LogP contribution < -0.4 is 14.8 Å². The summed E-state index contributed by atoms with van der Waals surface area (Å²) in [5, 5.41) is 2.93. The molecule has 0 fully saturated rings. The molecule has 0 spiro atoms. The van der Waals surface area contributed by atoms with Crippen LogP contribution in [0.2, 0.25) is 0 Å². The molecule has 1 unspecified atom stereocenters. The van der Waals surface area contributed by atoms with Crippen molar-refractivity contribution < 1.29 is 19.0 Å². The minimum Gasteiger partial charge on any atom is -0.493 e. The van der Waals surface area contributed by atoms with Gasteiger partial charge >= 0.3 is 0 Å². The van der Waals surface area contributed by atoms with E-state index in [-0.39, 0.29) is 18.1 Å². The lowest BCUT2D eigenvalue weighted by atomic mass is 10.1. The van der Waals surface area contributed by atoms with Gasteiger partial charge in [0, 0.05) is 23.9 Å². The zero-order chi connectivity index (χ0) is 24.5. The molecule has 0 saturated carbocycles. The fourth-order valence-electron chi connectivity index (χ4n) is 3.56. The van der Waals surface area contributed by atoms with Gasteiger partial charge in [0.2, 0.25) is 0 Å². The molecule has 6 heteroatoms. The fourth-order valence-corrected chi connectivity index (χ4v) is 3.56. The largest absolute Gasteiger partial charge is 0.493 e. The molecule has 2 aromatic carbocycles. The zero-order valence-electron chi connectivity index (χ0n) is 20.6. The lowest BCUT2D eigenvalue weighted by Crippen LogP contribution is -2.18. The lowest BCUT2D eigenvalue weighted by molar-refractivity contribution is 0.0190. The Balaban J connectivity index is 1.59. The number of benzene rings is 2. The standard InChI is InChI=1S/C28H34N2O4/c1-6-16-32-25-8-7-9-26(18-25)34-24-13-10-22(11-14-24)30-28(31)27-15-12-23(29-21(27)5)17-20(4)33-19(2)3/h7-15,18-20H,6,16-17H2,1-5H3,(H,30,31). The molecule has 0 aliphatic heterocycles. The van der Waals surface area contributed by atoms with Gasteiger partial charge in [-0.1, -0.05) is 13.0 Å². The van der Waals surface area contributed by atoms with Crippen LogP contribution in [0.4, 0.5) is 5.69 Å². The summed E-state index contributed by atoms with van der Waals surface area (Å²) in [7, 11) is 0. The molecule has 3 aromatic rings. The highest BCUT2D eigenvalue weighted by Gasteiger charge is 2.13. The highest BCUT2D eigenvalue weighted by Crippen LogP contribution is 2.26. The molecule has 1 atom stereocenters. The molecule has 1 N–H and O–H groups in total. The average molecular weight is 463 g/mol. The van der Waals surface area contributed by atoms with Gasteiger partial charge in [-0.05, 0) is 82.6 Å². The number of nitrogens with zero attached hydrogens (tertiary/aromatic N) is 1. The third-order valence-electron chi connectivity index (χ3n) is 5.02. The van der Waals surface area contributed by atoms with Crippen LogP contribution in [0.1, 0.15) is 55.9 Å². The predicted molar refractivity (Wildman–Crippen MR) is 135 cm³/mol. The van der Waals surface area contributed by atoms with Gasteiger partial charge in [0.25, 0.3) is 5.91 Å². The first-order valence-electron chi connectivity index (χ1n) is 11.8. The maximum absolute atomic E-state index is 12.8. The number of pyridine rings is 1. The molecule has 1 aromatic heterocycles. The van der Waals surface area contributed by atoms with Crippen molar-refractivity contribution in [1.29, 1.82) is 0 Å². The SMILES string of the molecule is CCCOc1cccc(Oc2ccc(NC(=O)c3ccc(CC(C)OC(C)C)nc3C)cc2)c1. The first kappa shape index (κ1) is 25.2. The Morgan fingerprint density at radius 3 is 2.38 bits per heavy atom. The Kier molecular flexibility index (Phi) is 9.05. The minimum atomic E-state index is -0.197. The normalized spacial score (nSPS) is 11.8. The van der Waals surface area contributed by atoms with Gasteiger partial charge in [-0.25, -0.2) is 0 Å². The first-order chi connectivity index (χ1) is 16.3. The van der Waals surface area contributed by atoms with E-state index < -0.39 is 0 Å². The Bertz CT molecular complexity index is 1080. The fraction of sp³-hybridized carbons (Fsp3) is 0.357. The van der Waals surface area contributed by atoms with Gasteiger partial charge in [-0.2, -0.15) is 0 Å². The quantitative estimate of drug-likeness (QED) is 0.349. The summed E-state index contributed by atoms with van der Waals surface area (Å²) in [5.74, 6) is 1.95. The Morgan fingerprint density at radius 2 is 1.71 bits per heavy atom. The van der Waals surface area contributed by atoms with Gasteiger partial charge < -0.3 is 19.5 Å². The molecule has 3 rings (SSSR count). The van der Waals surface area contributed by atoms with E-state index in [1.165, 1.54) is 0 Å². The Morgan fingerprint density at radius 1 is 0.971 bits per heavy atom. The maximum Gasteiger partial charge on any atom is 0.257 e. The van der Waals surface area contributed by atoms with Gasteiger partial charge in [-0.3, -0.25) is 9.78 Å². The van der Waals surface area contributed by atoms with Crippen LogP contribution in [0.3, 0.4) is 0 Å². The first-order valence-corrected chi connectivity index (χ1v) is 11.8. The molecular formula is C28H34N2O4. The van der Waals surface area contributed by atoms with Crippen molar-refractivity contribution in [2.75, 3.05) is 11.9 Å². The maximum atomic E-state index is 12.8. The lowest BCUT2D eigenvalue weighted by Gasteiger charge is -2.16. The molecule has 0 saturated heterocycles. The van der Waals surface area contributed by atoms with Crippen molar-refractivity contribution in [1.82, 2.24) is 4.98 Å². The number of anilines is 1. The van der Waals surface area contributed by atoms with E-state index in [1.807, 2.05) is 88.4 Å². The van der Waals surface area contributed by atoms with Crippen molar-refractivity contribution >= 4 is 11.6 Å². The minimum absolute atomic E-state index is 0.0682. The van der Waals surface area contributed by atoms with Crippen LogP contribution in [0.5, 0.6) is 17.2 Å². The van der Waals surface area contributed by atoms with E-state index in [0.29, 0.717) is 41.5 Å². The monoisotopic (exact) mass is 462 g/mol. The summed E-state index contributed by atoms with van der Waals surface area (Å²) >= 11 is 0. The number of aromatic nitrogens is 1. The van der Waals surface area contributed by atoms with Crippen LogP contribution in [0.15, 0.2) is 60.7 Å². The van der Waals surface area contributed by atoms with E-state index in [9.17, 15) is 4.79 Å². The second-order valence-corrected chi connectivity index (χ2v) is 8.54. The number of ether oxygens (including phenoxy) is 3. The highest BCUT2D eigenvalue weighted by atomic mass is 16.5. The summed E-state index contributed by atoms with van der Waals surface area (Å²) in [6.45, 7) is 10.6. The van der Waals surface area contributed by atoms with E-state index in [2.05, 4.69) is 17.2 Å². The number of carbonyl (C=O) groups excluding carboxylic acids is 1. The van der Waals surface area contributed by atoms with Crippen molar-refractivity contribution in [2.45, 2.75) is 59.7 Å². The summed E-state index contributed by atoms with van der Waals surface area (Å²) in [6.07, 6.45) is 1.89. The molecule has 6 nitrogen and oxygen atoms in total. The Labute approximate surface area is 202 Å². The summed E-state index contributed by atoms with van der Waals surface area (Å²) in [4.78, 5) is 17.4. The summed E-state index contributed by atoms with van der Waals surface area (Å²) in [5.41, 5.74) is 2.83. The third-order valence-corrected chi connectivity index (χ3v) is 5.02. The van der Waals surface area contributed by atoms with Crippen molar-refractivity contribution in [2.24, 2.45) is 0 Å². The number of nitrogens with one attached hydrogen (secondary N) is 1. The molecule has 1 amide bonds. The highest BCUT2D eigenvalue weighted by molar-refractivity contribution is 6.05. The number of rotatable bonds is 11. The topological polar surface area (TPSA) is 69.7 Å². The Hall–Kier alpha value is -3.38. The third kappa shape index (κ3) is 7.59. The van der Waals surface area contributed by atoms with E-state index in [0.717, 1.165) is 17.9 Å². The van der Waals surface area contributed by atoms with Crippen molar-refractivity contribution in [3.8, 4) is 17.2 Å². The smallest absolute Gasteiger partial charge is 0.257 e. The molecule has 180 valence electrons. The second kappa shape index (κ2) is 12.2. The molecule has 34 heavy (non-hydrogen) atoms. The second-order valence-electron chi connectivity index (χ2n) is 8.54. The number of hydrogen-bond donors (Lipinski definition) is 1. The van der Waals surface area contributed by atoms with Crippen LogP contribution in [-0.2, 0) is 11.2 Å². The number of aryl methyl sites for hydroxylation is 1. The predicted octanol–water partition coefficient (Wildman–Crippen LogP) is 6.58. The molecule has 0 radical (unpaired) electrons. The van der Waals surface area contributed by atoms with Crippen LogP contribution in [0, 0.1) is 6.92 Å². The van der Waals surface area contributed by atoms with E-state index in [1.54, 1.807) is 0 Å². The van der Waals surface area contributed by atoms with Crippen LogP contribution in [-0.4, -0.2) is 29.7 Å². The number of carbonyl (C=O) groups is 1. The summed E-state index contributed by atoms with van der Waals surface area (Å²) < 4.78 is 17.4. The molecule has 0 aliphatic rings. The number of amides is 1. The van der Waals surface area contributed by atoms with Gasteiger partial charge in [0.1, 0.15) is 17.2 Å². The van der Waals surface area contributed by atoms with Crippen LogP contribution in [0.25, 0.3) is 0 Å². The van der Waals surface area contributed by atoms with E-state index in [4.69, 9.17) is 14.2 Å². The molecule has 0 aliphatic carbocycles. The van der Waals surface area contributed by atoms with Gasteiger partial charge in [-0.15, -0.1) is 0 Å². The molecular weight excluding hydrogens is 428 g/mol. The van der Waals surface area contributed by atoms with Crippen molar-refractivity contribution in [3.63, 3.8) is 0 Å². The van der Waals surface area contributed by atoms with E-state index >= 15 is 0 Å². The van der Waals surface area contributed by atoms with Gasteiger partial charge in [0.15, 0.2) is 0 Å². The average Bonchev–Trinajstić information content (AvgIpc) is 2.78. The van der Waals surface area contributed by atoms with Crippen LogP contribution >= 0.6 is 0 Å². The van der Waals surface area contributed by atoms with Gasteiger partial charge in [0.05, 0.1) is 30.1 Å². The zero-order valence-corrected chi connectivity index (χ0v) is 20.6. The summed E-state index contributed by atoms with van der Waals surface area (Å²) in [6, 6.07) is 18.5. The molecule has 0 bridgehead atoms. The van der Waals surface area contributed by atoms with Crippen molar-refractivity contribution in [3.05, 3.63) is 77.6 Å². The number of hydrogen-bond acceptors (Lipinski definition) is 5.